The van der Waals surface area contributed by atoms with Crippen molar-refractivity contribution in [2.45, 2.75) is 62.8 Å². The van der Waals surface area contributed by atoms with Gasteiger partial charge in [0.2, 0.25) is 5.91 Å². The SMILES string of the molecule is CN(c1cc(C(F)(F)F)nc2ccc(Cl)cc12)[C@H]1CC[C@@H](NC(=O)CCC2NC(=S)N(c3ccccc3)C2=O)CC1. The molecule has 2 aromatic carbocycles. The highest BCUT2D eigenvalue weighted by molar-refractivity contribution is 7.80. The summed E-state index contributed by atoms with van der Waals surface area (Å²) < 4.78 is 40.7. The first-order chi connectivity index (χ1) is 19.5. The molecule has 2 N–H and O–H groups in total. The highest BCUT2D eigenvalue weighted by Crippen LogP contribution is 2.37. The van der Waals surface area contributed by atoms with Crippen LogP contribution >= 0.6 is 23.8 Å². The van der Waals surface area contributed by atoms with Gasteiger partial charge in [-0.05, 0) is 80.7 Å². The molecule has 41 heavy (non-hydrogen) atoms. The minimum atomic E-state index is -4.57. The van der Waals surface area contributed by atoms with Crippen LogP contribution in [0.5, 0.6) is 0 Å². The van der Waals surface area contributed by atoms with Crippen molar-refractivity contribution in [2.24, 2.45) is 0 Å². The van der Waals surface area contributed by atoms with Gasteiger partial charge >= 0.3 is 6.18 Å². The number of pyridine rings is 1. The number of nitrogens with one attached hydrogen (secondary N) is 2. The molecule has 7 nitrogen and oxygen atoms in total. The van der Waals surface area contributed by atoms with Crippen molar-refractivity contribution in [3.63, 3.8) is 0 Å². The second kappa shape index (κ2) is 11.8. The normalized spacial score (nSPS) is 21.2. The average Bonchev–Trinajstić information content (AvgIpc) is 3.23. The molecule has 1 aliphatic heterocycles. The maximum absolute atomic E-state index is 13.6. The van der Waals surface area contributed by atoms with Crippen molar-refractivity contribution in [3.05, 3.63) is 65.3 Å². The summed E-state index contributed by atoms with van der Waals surface area (Å²) in [7, 11) is 1.79. The molecule has 12 heteroatoms. The second-order valence-electron chi connectivity index (χ2n) is 10.4. The van der Waals surface area contributed by atoms with Gasteiger partial charge in [0.1, 0.15) is 11.7 Å². The van der Waals surface area contributed by atoms with E-state index >= 15 is 0 Å². The number of carbonyl (C=O) groups is 2. The number of thiocarbonyl (C=S) groups is 1. The molecule has 0 radical (unpaired) electrons. The Bertz CT molecular complexity index is 1460. The third kappa shape index (κ3) is 6.41. The molecule has 1 aliphatic carbocycles. The Morgan fingerprint density at radius 2 is 1.85 bits per heavy atom. The van der Waals surface area contributed by atoms with Crippen LogP contribution in [0, 0.1) is 0 Å². The fourth-order valence-corrected chi connectivity index (χ4v) is 6.05. The number of alkyl halides is 3. The van der Waals surface area contributed by atoms with Crippen LogP contribution in [-0.2, 0) is 15.8 Å². The summed E-state index contributed by atoms with van der Waals surface area (Å²) in [5.41, 5.74) is 0.391. The van der Waals surface area contributed by atoms with Crippen molar-refractivity contribution < 1.29 is 22.8 Å². The number of aromatic nitrogens is 1. The first-order valence-electron chi connectivity index (χ1n) is 13.4. The summed E-state index contributed by atoms with van der Waals surface area (Å²) in [4.78, 5) is 32.7. The van der Waals surface area contributed by atoms with Crippen LogP contribution in [0.2, 0.25) is 5.02 Å². The van der Waals surface area contributed by atoms with Crippen molar-refractivity contribution in [1.29, 1.82) is 0 Å². The number of halogens is 4. The van der Waals surface area contributed by atoms with Crippen LogP contribution in [0.4, 0.5) is 24.5 Å². The van der Waals surface area contributed by atoms with Crippen LogP contribution in [0.25, 0.3) is 10.9 Å². The number of hydrogen-bond acceptors (Lipinski definition) is 5. The quantitative estimate of drug-likeness (QED) is 0.331. The van der Waals surface area contributed by atoms with Crippen LogP contribution in [0.15, 0.2) is 54.6 Å². The number of fused-ring (bicyclic) bond motifs is 1. The third-order valence-corrected chi connectivity index (χ3v) is 8.26. The van der Waals surface area contributed by atoms with Gasteiger partial charge in [-0.25, -0.2) is 4.98 Å². The zero-order valence-electron chi connectivity index (χ0n) is 22.2. The Hall–Kier alpha value is -3.44. The maximum atomic E-state index is 13.6. The molecule has 216 valence electrons. The Morgan fingerprint density at radius 3 is 2.54 bits per heavy atom. The van der Waals surface area contributed by atoms with E-state index < -0.39 is 17.9 Å². The Morgan fingerprint density at radius 1 is 1.15 bits per heavy atom. The fourth-order valence-electron chi connectivity index (χ4n) is 5.55. The van der Waals surface area contributed by atoms with Crippen molar-refractivity contribution >= 4 is 63.0 Å². The van der Waals surface area contributed by atoms with E-state index in [-0.39, 0.29) is 35.8 Å². The minimum absolute atomic E-state index is 0.0147. The standard InChI is InChI=1S/C29H29ClF3N5O2S/c1-37(24-16-25(29(31,32)33)35-22-12-7-17(30)15-21(22)24)19-10-8-18(9-11-19)34-26(39)14-13-23-27(40)38(28(41)36-23)20-5-3-2-4-6-20/h2-7,12,15-16,18-19,23H,8-11,13-14H2,1H3,(H,34,39)(H,36,41)/t18-,19+,23?. The zero-order valence-corrected chi connectivity index (χ0v) is 23.8. The zero-order chi connectivity index (χ0) is 29.3. The predicted molar refractivity (Wildman–Crippen MR) is 157 cm³/mol. The average molecular weight is 604 g/mol. The summed E-state index contributed by atoms with van der Waals surface area (Å²) in [5, 5.41) is 7.37. The maximum Gasteiger partial charge on any atom is 0.433 e. The van der Waals surface area contributed by atoms with E-state index in [1.165, 1.54) is 17.0 Å². The van der Waals surface area contributed by atoms with Gasteiger partial charge in [-0.15, -0.1) is 0 Å². The van der Waals surface area contributed by atoms with E-state index in [4.69, 9.17) is 23.8 Å². The number of anilines is 2. The highest BCUT2D eigenvalue weighted by atomic mass is 35.5. The van der Waals surface area contributed by atoms with Crippen molar-refractivity contribution in [3.8, 4) is 0 Å². The second-order valence-corrected chi connectivity index (χ2v) is 11.2. The van der Waals surface area contributed by atoms with Gasteiger partial charge in [0.15, 0.2) is 5.11 Å². The van der Waals surface area contributed by atoms with Crippen LogP contribution in [-0.4, -0.2) is 47.1 Å². The Balaban J connectivity index is 1.16. The van der Waals surface area contributed by atoms with Gasteiger partial charge in [0, 0.05) is 41.6 Å². The van der Waals surface area contributed by atoms with Crippen LogP contribution in [0.1, 0.15) is 44.2 Å². The van der Waals surface area contributed by atoms with Gasteiger partial charge < -0.3 is 15.5 Å². The fraction of sp³-hybridized carbons (Fsp3) is 0.379. The summed E-state index contributed by atoms with van der Waals surface area (Å²) in [5.74, 6) is -0.332. The topological polar surface area (TPSA) is 77.6 Å². The molecule has 1 atom stereocenters. The summed E-state index contributed by atoms with van der Waals surface area (Å²) in [6.07, 6.45) is -1.35. The molecular formula is C29H29ClF3N5O2S. The molecule has 5 rings (SSSR count). The van der Waals surface area contributed by atoms with Gasteiger partial charge in [0.25, 0.3) is 5.91 Å². The number of amides is 2. The van der Waals surface area contributed by atoms with Gasteiger partial charge in [0.05, 0.1) is 11.2 Å². The Labute approximate surface area is 246 Å². The van der Waals surface area contributed by atoms with E-state index in [9.17, 15) is 22.8 Å². The molecule has 1 saturated carbocycles. The molecule has 0 spiro atoms. The minimum Gasteiger partial charge on any atom is -0.371 e. The number of benzene rings is 2. The summed E-state index contributed by atoms with van der Waals surface area (Å²) in [6.45, 7) is 0. The van der Waals surface area contributed by atoms with Gasteiger partial charge in [-0.2, -0.15) is 13.2 Å². The molecule has 3 aromatic rings. The predicted octanol–water partition coefficient (Wildman–Crippen LogP) is 5.84. The molecular weight excluding hydrogens is 575 g/mol. The number of carbonyl (C=O) groups excluding carboxylic acids is 2. The molecule has 2 amide bonds. The molecule has 1 saturated heterocycles. The van der Waals surface area contributed by atoms with Gasteiger partial charge in [-0.1, -0.05) is 29.8 Å². The van der Waals surface area contributed by atoms with E-state index in [1.54, 1.807) is 25.2 Å². The lowest BCUT2D eigenvalue weighted by molar-refractivity contribution is -0.141. The molecule has 0 bridgehead atoms. The molecule has 2 heterocycles. The lowest BCUT2D eigenvalue weighted by Gasteiger charge is -2.37. The molecule has 1 unspecified atom stereocenters. The van der Waals surface area contributed by atoms with Crippen LogP contribution < -0.4 is 20.4 Å². The summed E-state index contributed by atoms with van der Waals surface area (Å²) >= 11 is 11.5. The summed E-state index contributed by atoms with van der Waals surface area (Å²) in [6, 6.07) is 14.2. The monoisotopic (exact) mass is 603 g/mol. The molecule has 2 fully saturated rings. The Kier molecular flexibility index (Phi) is 8.37. The van der Waals surface area contributed by atoms with E-state index in [1.807, 2.05) is 23.1 Å². The molecule has 1 aromatic heterocycles. The van der Waals surface area contributed by atoms with Crippen molar-refractivity contribution in [2.75, 3.05) is 16.8 Å². The van der Waals surface area contributed by atoms with E-state index in [0.29, 0.717) is 59.0 Å². The van der Waals surface area contributed by atoms with E-state index in [2.05, 4.69) is 15.6 Å². The molecule has 2 aliphatic rings. The van der Waals surface area contributed by atoms with Crippen LogP contribution in [0.3, 0.4) is 0 Å². The van der Waals surface area contributed by atoms with Gasteiger partial charge in [-0.3, -0.25) is 14.5 Å². The van der Waals surface area contributed by atoms with Crippen molar-refractivity contribution in [1.82, 2.24) is 15.6 Å². The smallest absolute Gasteiger partial charge is 0.371 e. The largest absolute Gasteiger partial charge is 0.433 e. The number of rotatable bonds is 7. The first-order valence-corrected chi connectivity index (χ1v) is 14.2. The van der Waals surface area contributed by atoms with E-state index in [0.717, 1.165) is 6.07 Å². The number of para-hydroxylation sites is 1. The highest BCUT2D eigenvalue weighted by Gasteiger charge is 2.37. The third-order valence-electron chi connectivity index (χ3n) is 7.72. The lowest BCUT2D eigenvalue weighted by atomic mass is 9.89. The lowest BCUT2D eigenvalue weighted by Crippen LogP contribution is -2.43. The number of hydrogen-bond donors (Lipinski definition) is 2. The first kappa shape index (κ1) is 29.1. The number of nitrogens with zero attached hydrogens (tertiary/aromatic N) is 3.